The van der Waals surface area contributed by atoms with E-state index in [1.807, 2.05) is 6.92 Å². The maximum Gasteiger partial charge on any atom is 0.143 e. The maximum absolute atomic E-state index is 9.34. The number of benzene rings is 1. The van der Waals surface area contributed by atoms with E-state index in [9.17, 15) is 5.11 Å². The van der Waals surface area contributed by atoms with Gasteiger partial charge in [-0.05, 0) is 12.5 Å². The molecule has 1 unspecified atom stereocenters. The van der Waals surface area contributed by atoms with Crippen LogP contribution < -0.4 is 4.74 Å². The lowest BCUT2D eigenvalue weighted by Gasteiger charge is -2.14. The number of rotatable bonds is 5. The first kappa shape index (κ1) is 12.3. The lowest BCUT2D eigenvalue weighted by molar-refractivity contribution is 0.103. The minimum absolute atomic E-state index is 0.127. The summed E-state index contributed by atoms with van der Waals surface area (Å²) in [4.78, 5) is 0. The molecule has 0 spiro atoms. The monoisotopic (exact) mass is 230 g/mol. The van der Waals surface area contributed by atoms with Gasteiger partial charge in [0, 0.05) is 5.56 Å². The van der Waals surface area contributed by atoms with Gasteiger partial charge in [-0.2, -0.15) is 0 Å². The van der Waals surface area contributed by atoms with Crippen molar-refractivity contribution in [2.75, 3.05) is 6.61 Å². The Bertz CT molecular complexity index is 315. The van der Waals surface area contributed by atoms with Crippen molar-refractivity contribution in [2.24, 2.45) is 0 Å². The van der Waals surface area contributed by atoms with E-state index in [0.29, 0.717) is 22.8 Å². The highest BCUT2D eigenvalue weighted by molar-refractivity contribution is 6.32. The third-order valence-corrected chi connectivity index (χ3v) is 2.41. The molecule has 15 heavy (non-hydrogen) atoms. The van der Waals surface area contributed by atoms with Crippen LogP contribution in [0.2, 0.25) is 5.02 Å². The first-order chi connectivity index (χ1) is 7.19. The Hall–Kier alpha value is -0.770. The zero-order valence-corrected chi connectivity index (χ0v) is 9.37. The highest BCUT2D eigenvalue weighted by Crippen LogP contribution is 2.28. The van der Waals surface area contributed by atoms with E-state index in [4.69, 9.17) is 21.4 Å². The molecule has 0 aliphatic heterocycles. The van der Waals surface area contributed by atoms with Crippen LogP contribution in [0.4, 0.5) is 0 Å². The quantitative estimate of drug-likeness (QED) is 0.813. The summed E-state index contributed by atoms with van der Waals surface area (Å²) < 4.78 is 5.37. The highest BCUT2D eigenvalue weighted by Gasteiger charge is 2.09. The number of hydrogen-bond donors (Lipinski definition) is 2. The van der Waals surface area contributed by atoms with Crippen molar-refractivity contribution in [1.82, 2.24) is 0 Å². The summed E-state index contributed by atoms with van der Waals surface area (Å²) in [5.41, 5.74) is 0.630. The molecule has 3 nitrogen and oxygen atoms in total. The largest absolute Gasteiger partial charge is 0.489 e. The smallest absolute Gasteiger partial charge is 0.143 e. The van der Waals surface area contributed by atoms with Crippen LogP contribution in [0.3, 0.4) is 0 Å². The average molecular weight is 231 g/mol. The Morgan fingerprint density at radius 3 is 2.80 bits per heavy atom. The Labute approximate surface area is 94.3 Å². The highest BCUT2D eigenvalue weighted by atomic mass is 35.5. The van der Waals surface area contributed by atoms with E-state index in [-0.39, 0.29) is 13.2 Å². The summed E-state index contributed by atoms with van der Waals surface area (Å²) in [5, 5.41) is 18.9. The SMILES string of the molecule is CCC(O)COc1c(Cl)cccc1CO. The van der Waals surface area contributed by atoms with Gasteiger partial charge in [0.1, 0.15) is 12.4 Å². The summed E-state index contributed by atoms with van der Waals surface area (Å²) in [6.07, 6.45) is 0.117. The van der Waals surface area contributed by atoms with Gasteiger partial charge in [-0.25, -0.2) is 0 Å². The first-order valence-electron chi connectivity index (χ1n) is 4.88. The van der Waals surface area contributed by atoms with Crippen molar-refractivity contribution < 1.29 is 14.9 Å². The van der Waals surface area contributed by atoms with Gasteiger partial charge < -0.3 is 14.9 Å². The van der Waals surface area contributed by atoms with E-state index in [2.05, 4.69) is 0 Å². The number of ether oxygens (including phenoxy) is 1. The van der Waals surface area contributed by atoms with E-state index >= 15 is 0 Å². The molecule has 84 valence electrons. The van der Waals surface area contributed by atoms with Gasteiger partial charge in [0.05, 0.1) is 17.7 Å². The fourth-order valence-corrected chi connectivity index (χ4v) is 1.39. The van der Waals surface area contributed by atoms with Crippen LogP contribution in [-0.4, -0.2) is 22.9 Å². The molecule has 0 saturated carbocycles. The van der Waals surface area contributed by atoms with Crippen molar-refractivity contribution in [1.29, 1.82) is 0 Å². The minimum atomic E-state index is -0.507. The fourth-order valence-electron chi connectivity index (χ4n) is 1.14. The second-order valence-electron chi connectivity index (χ2n) is 3.26. The molecule has 1 aromatic rings. The summed E-state index contributed by atoms with van der Waals surface area (Å²) in [6, 6.07) is 5.17. The molecule has 0 amide bonds. The van der Waals surface area contributed by atoms with Crippen LogP contribution in [0.25, 0.3) is 0 Å². The lowest BCUT2D eigenvalue weighted by atomic mass is 10.2. The molecule has 0 heterocycles. The van der Waals surface area contributed by atoms with Crippen molar-refractivity contribution in [2.45, 2.75) is 26.1 Å². The Balaban J connectivity index is 2.74. The molecule has 2 N–H and O–H groups in total. The van der Waals surface area contributed by atoms with Crippen LogP contribution in [0.15, 0.2) is 18.2 Å². The molecule has 1 rings (SSSR count). The van der Waals surface area contributed by atoms with Crippen LogP contribution in [0.1, 0.15) is 18.9 Å². The molecule has 0 aliphatic rings. The van der Waals surface area contributed by atoms with Gasteiger partial charge in [-0.1, -0.05) is 30.7 Å². The molecule has 4 heteroatoms. The fraction of sp³-hybridized carbons (Fsp3) is 0.455. The first-order valence-corrected chi connectivity index (χ1v) is 5.26. The molecule has 0 aromatic heterocycles. The Morgan fingerprint density at radius 1 is 1.47 bits per heavy atom. The van der Waals surface area contributed by atoms with Crippen molar-refractivity contribution in [3.05, 3.63) is 28.8 Å². The van der Waals surface area contributed by atoms with Gasteiger partial charge in [0.15, 0.2) is 0 Å². The molecule has 1 aromatic carbocycles. The van der Waals surface area contributed by atoms with Gasteiger partial charge in [-0.3, -0.25) is 0 Å². The number of halogens is 1. The maximum atomic E-state index is 9.34. The number of para-hydroxylation sites is 1. The summed E-state index contributed by atoms with van der Waals surface area (Å²) >= 11 is 5.92. The third kappa shape index (κ3) is 3.38. The summed E-state index contributed by atoms with van der Waals surface area (Å²) in [7, 11) is 0. The summed E-state index contributed by atoms with van der Waals surface area (Å²) in [6.45, 7) is 1.93. The van der Waals surface area contributed by atoms with E-state index in [1.165, 1.54) is 0 Å². The normalized spacial score (nSPS) is 12.5. The van der Waals surface area contributed by atoms with Gasteiger partial charge in [-0.15, -0.1) is 0 Å². The lowest BCUT2D eigenvalue weighted by Crippen LogP contribution is -2.16. The van der Waals surface area contributed by atoms with Gasteiger partial charge in [0.25, 0.3) is 0 Å². The zero-order chi connectivity index (χ0) is 11.3. The number of aliphatic hydroxyl groups excluding tert-OH is 2. The average Bonchev–Trinajstić information content (AvgIpc) is 2.26. The number of hydrogen-bond acceptors (Lipinski definition) is 3. The van der Waals surface area contributed by atoms with Crippen molar-refractivity contribution in [3.8, 4) is 5.75 Å². The van der Waals surface area contributed by atoms with Crippen LogP contribution in [0.5, 0.6) is 5.75 Å². The molecule has 0 saturated heterocycles. The van der Waals surface area contributed by atoms with Crippen molar-refractivity contribution in [3.63, 3.8) is 0 Å². The number of aliphatic hydroxyl groups is 2. The van der Waals surface area contributed by atoms with E-state index < -0.39 is 6.10 Å². The molecule has 1 atom stereocenters. The topological polar surface area (TPSA) is 49.7 Å². The van der Waals surface area contributed by atoms with Crippen LogP contribution >= 0.6 is 11.6 Å². The van der Waals surface area contributed by atoms with Gasteiger partial charge in [0.2, 0.25) is 0 Å². The molecule has 0 bridgehead atoms. The zero-order valence-electron chi connectivity index (χ0n) is 8.61. The molecular formula is C11H15ClO3. The minimum Gasteiger partial charge on any atom is -0.489 e. The van der Waals surface area contributed by atoms with E-state index in [1.54, 1.807) is 18.2 Å². The third-order valence-electron chi connectivity index (χ3n) is 2.11. The molecule has 0 fully saturated rings. The van der Waals surface area contributed by atoms with Gasteiger partial charge >= 0.3 is 0 Å². The molecule has 0 aliphatic carbocycles. The van der Waals surface area contributed by atoms with E-state index in [0.717, 1.165) is 0 Å². The summed E-state index contributed by atoms with van der Waals surface area (Å²) in [5.74, 6) is 0.453. The van der Waals surface area contributed by atoms with Crippen LogP contribution in [-0.2, 0) is 6.61 Å². The standard InChI is InChI=1S/C11H15ClO3/c1-2-9(14)7-15-11-8(6-13)4-3-5-10(11)12/h3-5,9,13-14H,2,6-7H2,1H3. The predicted octanol–water partition coefficient (Wildman–Crippen LogP) is 1.98. The predicted molar refractivity (Wildman–Crippen MR) is 59.2 cm³/mol. The Kier molecular flexibility index (Phi) is 4.88. The second-order valence-corrected chi connectivity index (χ2v) is 3.67. The van der Waals surface area contributed by atoms with Crippen LogP contribution in [0, 0.1) is 0 Å². The molecular weight excluding hydrogens is 216 g/mol. The second kappa shape index (κ2) is 5.95. The molecule has 0 radical (unpaired) electrons. The van der Waals surface area contributed by atoms with Crippen molar-refractivity contribution >= 4 is 11.6 Å². The Morgan fingerprint density at radius 2 is 2.20 bits per heavy atom.